The van der Waals surface area contributed by atoms with E-state index >= 15 is 0 Å². The van der Waals surface area contributed by atoms with E-state index in [1.54, 1.807) is 18.3 Å². The van der Waals surface area contributed by atoms with Crippen LogP contribution in [0.5, 0.6) is 0 Å². The minimum Gasteiger partial charge on any atom is -0.466 e. The van der Waals surface area contributed by atoms with Gasteiger partial charge in [0, 0.05) is 37.2 Å². The molecule has 0 aliphatic rings. The number of carbonyl (C=O) groups excluding carboxylic acids is 5. The van der Waals surface area contributed by atoms with Gasteiger partial charge in [-0.3, -0.25) is 19.2 Å². The molecule has 0 radical (unpaired) electrons. The fraction of sp³-hybridized carbons (Fsp3) is 0.717. The highest BCUT2D eigenvalue weighted by molar-refractivity contribution is 7.26. The van der Waals surface area contributed by atoms with Crippen molar-refractivity contribution in [3.05, 3.63) is 46.7 Å². The van der Waals surface area contributed by atoms with Crippen molar-refractivity contribution in [1.29, 1.82) is 0 Å². The van der Waals surface area contributed by atoms with Gasteiger partial charge in [0.1, 0.15) is 18.1 Å². The van der Waals surface area contributed by atoms with E-state index in [0.717, 1.165) is 75.1 Å². The lowest BCUT2D eigenvalue weighted by molar-refractivity contribution is -0.870. The highest BCUT2D eigenvalue weighted by atomic mass is 32.1. The minimum atomic E-state index is -1.08. The molecule has 0 aliphatic heterocycles. The fourth-order valence-electron chi connectivity index (χ4n) is 8.95. The van der Waals surface area contributed by atoms with Crippen LogP contribution in [0.15, 0.2) is 41.8 Å². The van der Waals surface area contributed by atoms with E-state index in [2.05, 4.69) is 85.8 Å². The van der Waals surface area contributed by atoms with Gasteiger partial charge in [-0.25, -0.2) is 4.79 Å². The molecule has 0 saturated carbocycles. The average Bonchev–Trinajstić information content (AvgIpc) is 4.19. The predicted molar refractivity (Wildman–Crippen MR) is 311 cm³/mol. The van der Waals surface area contributed by atoms with Gasteiger partial charge in [-0.1, -0.05) is 148 Å². The Balaban J connectivity index is 1.29. The van der Waals surface area contributed by atoms with Crippen LogP contribution >= 0.6 is 34.0 Å². The number of hydrogen-bond donors (Lipinski definition) is 3. The molecule has 0 fully saturated rings. The van der Waals surface area contributed by atoms with E-state index in [1.807, 2.05) is 22.7 Å². The Morgan fingerprint density at radius 1 is 0.514 bits per heavy atom. The van der Waals surface area contributed by atoms with Crippen LogP contribution in [0, 0.1) is 0 Å². The molecule has 0 aromatic carbocycles. The summed E-state index contributed by atoms with van der Waals surface area (Å²) in [5.74, 6) is -2.30. The van der Waals surface area contributed by atoms with Gasteiger partial charge < -0.3 is 29.9 Å². The van der Waals surface area contributed by atoms with Crippen LogP contribution in [-0.2, 0) is 39.9 Å². The van der Waals surface area contributed by atoms with Crippen molar-refractivity contribution in [2.75, 3.05) is 40.9 Å². The van der Waals surface area contributed by atoms with E-state index in [4.69, 9.17) is 9.47 Å². The number of aryl methyl sites for hydroxylation is 1. The number of esters is 2. The average molecular weight is 1080 g/mol. The first-order chi connectivity index (χ1) is 35.8. The first-order valence-corrected chi connectivity index (χ1v) is 31.5. The molecule has 3 rings (SSSR count). The Morgan fingerprint density at radius 2 is 1.00 bits per heavy atom. The number of amides is 3. The number of nitrogens with one attached hydrogen (secondary N) is 3. The van der Waals surface area contributed by atoms with Gasteiger partial charge in [0.2, 0.25) is 17.7 Å². The molecule has 3 N–H and O–H groups in total. The molecule has 0 aliphatic carbocycles. The molecule has 0 unspecified atom stereocenters. The summed E-state index contributed by atoms with van der Waals surface area (Å²) in [6, 6.07) is 10.5. The molecule has 3 aromatic heterocycles. The van der Waals surface area contributed by atoms with Gasteiger partial charge in [-0.2, -0.15) is 0 Å². The van der Waals surface area contributed by atoms with Crippen molar-refractivity contribution >= 4 is 63.7 Å². The summed E-state index contributed by atoms with van der Waals surface area (Å²) in [4.78, 5) is 72.0. The summed E-state index contributed by atoms with van der Waals surface area (Å²) in [5, 5.41) is 10.3. The first-order valence-electron chi connectivity index (χ1n) is 29.0. The van der Waals surface area contributed by atoms with Gasteiger partial charge in [0.25, 0.3) is 0 Å². The maximum absolute atomic E-state index is 13.4. The zero-order chi connectivity index (χ0) is 53.7. The number of hydrogen-bond acceptors (Lipinski definition) is 10. The van der Waals surface area contributed by atoms with E-state index in [1.165, 1.54) is 147 Å². The van der Waals surface area contributed by atoms with Crippen LogP contribution in [0.4, 0.5) is 0 Å². The third-order valence-corrected chi connectivity index (χ3v) is 17.1. The van der Waals surface area contributed by atoms with Crippen molar-refractivity contribution in [1.82, 2.24) is 16.0 Å². The van der Waals surface area contributed by atoms with Crippen LogP contribution in [0.3, 0.4) is 0 Å². The van der Waals surface area contributed by atoms with Gasteiger partial charge in [0.15, 0.2) is 0 Å². The van der Waals surface area contributed by atoms with Gasteiger partial charge in [0.05, 0.1) is 40.9 Å². The number of carbonyl (C=O) groups is 5. The lowest BCUT2D eigenvalue weighted by Gasteiger charge is -2.23. The summed E-state index contributed by atoms with van der Waals surface area (Å²) in [7, 11) is 6.68. The Bertz CT molecular complexity index is 1960. The number of nitrogens with zero attached hydrogens (tertiary/aromatic N) is 1. The van der Waals surface area contributed by atoms with Crippen LogP contribution in [-0.4, -0.2) is 93.2 Å². The van der Waals surface area contributed by atoms with E-state index in [9.17, 15) is 24.0 Å². The van der Waals surface area contributed by atoms with Gasteiger partial charge in [-0.15, -0.1) is 34.0 Å². The Kier molecular flexibility index (Phi) is 34.7. The fourth-order valence-corrected chi connectivity index (χ4v) is 11.9. The molecule has 3 amide bonds. The second kappa shape index (κ2) is 39.7. The summed E-state index contributed by atoms with van der Waals surface area (Å²) in [5.41, 5.74) is 0. The third-order valence-electron chi connectivity index (χ3n) is 13.6. The van der Waals surface area contributed by atoms with E-state index in [-0.39, 0.29) is 25.4 Å². The number of unbranched alkanes of at least 4 members (excludes halogenated alkanes) is 24. The second-order valence-corrected chi connectivity index (χ2v) is 24.8. The lowest BCUT2D eigenvalue weighted by atomic mass is 10.1. The molecule has 74 heavy (non-hydrogen) atoms. The standard InChI is InChI=1S/C60H98N4O7S3/c1-7-8-9-10-11-12-17-23-28-33-46-71-60(69)51(63-59(68)49(3)62-58(67)48(2)61-56(65)37-30-25-20-15-16-21-26-31-44-64(4,5)6)39-43-57(66)70-45-32-27-22-18-13-14-19-24-29-35-50-38-40-54(73-50)55-42-41-53(74-55)52-36-34-47-72-52/h34,36,38,40-42,47-49,51H,7-33,35,37,39,43-46H2,1-6H3,(H2-,61,62,63,65,67,68)/p+1/t48-,49-,51-/m0/s1. The summed E-state index contributed by atoms with van der Waals surface area (Å²) < 4.78 is 12.1. The van der Waals surface area contributed by atoms with Gasteiger partial charge in [-0.05, 0) is 101 Å². The predicted octanol–water partition coefficient (Wildman–Crippen LogP) is 14.8. The van der Waals surface area contributed by atoms with Crippen LogP contribution in [0.25, 0.3) is 19.5 Å². The molecule has 418 valence electrons. The van der Waals surface area contributed by atoms with Crippen molar-refractivity contribution < 1.29 is 37.9 Å². The minimum absolute atomic E-state index is 0.0199. The number of ether oxygens (including phenoxy) is 2. The Hall–Kier alpha value is -3.59. The molecular weight excluding hydrogens is 985 g/mol. The van der Waals surface area contributed by atoms with Crippen molar-refractivity contribution in [2.24, 2.45) is 0 Å². The molecule has 11 nitrogen and oxygen atoms in total. The summed E-state index contributed by atoms with van der Waals surface area (Å²) in [6.07, 6.45) is 32.2. The molecule has 3 aromatic rings. The van der Waals surface area contributed by atoms with Gasteiger partial charge >= 0.3 is 11.9 Å². The SMILES string of the molecule is CCCCCCCCCCCCOC(=O)[C@H](CCC(=O)OCCCCCCCCCCCc1ccc(-c2ccc(-c3cccs3)s2)s1)NC(=O)[C@H](C)NC(=O)[C@H](C)NC(=O)CCCCCCCCCC[N+](C)(C)C. The highest BCUT2D eigenvalue weighted by Crippen LogP contribution is 2.39. The molecule has 0 saturated heterocycles. The third kappa shape index (κ3) is 30.8. The maximum atomic E-state index is 13.4. The number of rotatable bonds is 45. The van der Waals surface area contributed by atoms with Crippen LogP contribution in [0.2, 0.25) is 0 Å². The van der Waals surface area contributed by atoms with E-state index in [0.29, 0.717) is 13.0 Å². The number of thiophene rings is 3. The summed E-state index contributed by atoms with van der Waals surface area (Å²) in [6.45, 7) is 7.10. The zero-order valence-corrected chi connectivity index (χ0v) is 49.3. The van der Waals surface area contributed by atoms with E-state index < -0.39 is 41.9 Å². The molecule has 0 spiro atoms. The molecule has 3 heterocycles. The van der Waals surface area contributed by atoms with Crippen molar-refractivity contribution in [3.63, 3.8) is 0 Å². The first kappa shape index (κ1) is 64.7. The van der Waals surface area contributed by atoms with Crippen LogP contribution < -0.4 is 16.0 Å². The smallest absolute Gasteiger partial charge is 0.328 e. The monoisotopic (exact) mass is 1080 g/mol. The second-order valence-electron chi connectivity index (χ2n) is 21.6. The summed E-state index contributed by atoms with van der Waals surface area (Å²) >= 11 is 5.60. The zero-order valence-electron chi connectivity index (χ0n) is 46.8. The molecular formula is C60H99N4O7S3+. The van der Waals surface area contributed by atoms with Crippen molar-refractivity contribution in [3.8, 4) is 19.5 Å². The topological polar surface area (TPSA) is 140 Å². The Labute approximate surface area is 460 Å². The molecule has 3 atom stereocenters. The lowest BCUT2D eigenvalue weighted by Crippen LogP contribution is -2.54. The molecule has 0 bridgehead atoms. The van der Waals surface area contributed by atoms with Crippen molar-refractivity contribution in [2.45, 2.75) is 238 Å². The number of quaternary nitrogens is 1. The largest absolute Gasteiger partial charge is 0.466 e. The molecule has 14 heteroatoms. The normalized spacial score (nSPS) is 12.8. The maximum Gasteiger partial charge on any atom is 0.328 e. The Morgan fingerprint density at radius 3 is 1.58 bits per heavy atom. The highest BCUT2D eigenvalue weighted by Gasteiger charge is 2.28. The van der Waals surface area contributed by atoms with Crippen LogP contribution in [0.1, 0.15) is 218 Å². The quantitative estimate of drug-likeness (QED) is 0.0291.